The normalized spacial score (nSPS) is 13.5. The number of nitrogens with zero attached hydrogens (tertiary/aromatic N) is 1. The van der Waals surface area contributed by atoms with E-state index in [9.17, 15) is 13.2 Å². The summed E-state index contributed by atoms with van der Waals surface area (Å²) in [6.45, 7) is 3.48. The number of hydrogen-bond donors (Lipinski definition) is 1. The third-order valence-corrected chi connectivity index (χ3v) is 2.57. The Morgan fingerprint density at radius 2 is 2.11 bits per heavy atom. The van der Waals surface area contributed by atoms with Crippen LogP contribution in [0.15, 0.2) is 18.5 Å². The highest BCUT2D eigenvalue weighted by molar-refractivity contribution is 5.20. The quantitative estimate of drug-likeness (QED) is 0.777. The monoisotopic (exact) mass is 276 g/mol. The molecular formula is C13H19F3N2O. The Morgan fingerprint density at radius 1 is 1.37 bits per heavy atom. The average molecular weight is 276 g/mol. The molecule has 1 atom stereocenters. The largest absolute Gasteiger partial charge is 0.411 e. The second-order valence-electron chi connectivity index (χ2n) is 4.36. The van der Waals surface area contributed by atoms with Crippen molar-refractivity contribution in [2.75, 3.05) is 19.8 Å². The van der Waals surface area contributed by atoms with Gasteiger partial charge in [-0.1, -0.05) is 13.0 Å². The van der Waals surface area contributed by atoms with Crippen molar-refractivity contribution >= 4 is 0 Å². The summed E-state index contributed by atoms with van der Waals surface area (Å²) in [7, 11) is 0. The Hall–Kier alpha value is -1.14. The fraction of sp³-hybridized carbons (Fsp3) is 0.615. The lowest BCUT2D eigenvalue weighted by Crippen LogP contribution is -2.24. The molecule has 0 amide bonds. The first-order valence-electron chi connectivity index (χ1n) is 6.22. The Balaban J connectivity index is 2.49. The van der Waals surface area contributed by atoms with Gasteiger partial charge in [-0.25, -0.2) is 0 Å². The molecule has 0 spiro atoms. The maximum atomic E-state index is 12.0. The molecule has 0 saturated carbocycles. The predicted molar refractivity (Wildman–Crippen MR) is 66.9 cm³/mol. The van der Waals surface area contributed by atoms with Crippen LogP contribution in [0.5, 0.6) is 0 Å². The van der Waals surface area contributed by atoms with Gasteiger partial charge in [0.2, 0.25) is 0 Å². The summed E-state index contributed by atoms with van der Waals surface area (Å²) in [5.74, 6) is 0. The first-order chi connectivity index (χ1) is 8.92. The van der Waals surface area contributed by atoms with Crippen molar-refractivity contribution in [3.63, 3.8) is 0 Å². The second-order valence-corrected chi connectivity index (χ2v) is 4.36. The van der Waals surface area contributed by atoms with Gasteiger partial charge in [0, 0.05) is 25.0 Å². The van der Waals surface area contributed by atoms with Gasteiger partial charge in [0.15, 0.2) is 0 Å². The molecule has 0 aromatic carbocycles. The lowest BCUT2D eigenvalue weighted by Gasteiger charge is -2.18. The molecule has 0 bridgehead atoms. The number of aryl methyl sites for hydroxylation is 1. The van der Waals surface area contributed by atoms with Gasteiger partial charge >= 0.3 is 6.18 Å². The van der Waals surface area contributed by atoms with Crippen LogP contribution in [-0.4, -0.2) is 30.9 Å². The van der Waals surface area contributed by atoms with Gasteiger partial charge in [-0.3, -0.25) is 4.98 Å². The lowest BCUT2D eigenvalue weighted by molar-refractivity contribution is -0.174. The van der Waals surface area contributed by atoms with Crippen LogP contribution in [0.1, 0.15) is 30.5 Å². The molecule has 0 aliphatic carbocycles. The Bertz CT molecular complexity index is 382. The number of aromatic nitrogens is 1. The molecule has 0 saturated heterocycles. The Morgan fingerprint density at radius 3 is 2.68 bits per heavy atom. The highest BCUT2D eigenvalue weighted by atomic mass is 19.4. The molecular weight excluding hydrogens is 257 g/mol. The van der Waals surface area contributed by atoms with Crippen molar-refractivity contribution < 1.29 is 17.9 Å². The van der Waals surface area contributed by atoms with E-state index in [1.54, 1.807) is 12.4 Å². The molecule has 1 rings (SSSR count). The molecule has 1 unspecified atom stereocenters. The van der Waals surface area contributed by atoms with Crippen molar-refractivity contribution in [2.45, 2.75) is 32.5 Å². The van der Waals surface area contributed by atoms with Gasteiger partial charge in [0.05, 0.1) is 0 Å². The molecule has 1 N–H and O–H groups in total. The van der Waals surface area contributed by atoms with Gasteiger partial charge in [-0.15, -0.1) is 0 Å². The van der Waals surface area contributed by atoms with Crippen molar-refractivity contribution in [3.8, 4) is 0 Å². The number of alkyl halides is 3. The fourth-order valence-electron chi connectivity index (χ4n) is 1.79. The fourth-order valence-corrected chi connectivity index (χ4v) is 1.79. The second kappa shape index (κ2) is 7.45. The molecule has 1 heterocycles. The van der Waals surface area contributed by atoms with Gasteiger partial charge in [0.25, 0.3) is 0 Å². The van der Waals surface area contributed by atoms with E-state index < -0.39 is 12.8 Å². The van der Waals surface area contributed by atoms with Gasteiger partial charge in [-0.2, -0.15) is 13.2 Å². The number of nitrogens with one attached hydrogen (secondary N) is 1. The lowest BCUT2D eigenvalue weighted by atomic mass is 10.0. The molecule has 0 fully saturated rings. The highest BCUT2D eigenvalue weighted by Crippen LogP contribution is 2.18. The smallest absolute Gasteiger partial charge is 0.372 e. The molecule has 108 valence electrons. The maximum Gasteiger partial charge on any atom is 0.411 e. The molecule has 1 aromatic rings. The zero-order valence-corrected chi connectivity index (χ0v) is 11.1. The van der Waals surface area contributed by atoms with Crippen LogP contribution in [0.4, 0.5) is 13.2 Å². The minimum atomic E-state index is -4.27. The van der Waals surface area contributed by atoms with Crippen LogP contribution in [0, 0.1) is 6.92 Å². The summed E-state index contributed by atoms with van der Waals surface area (Å²) in [6, 6.07) is 1.94. The van der Waals surface area contributed by atoms with Gasteiger partial charge in [-0.05, 0) is 31.0 Å². The summed E-state index contributed by atoms with van der Waals surface area (Å²) in [5.41, 5.74) is 1.99. The molecule has 1 aromatic heterocycles. The van der Waals surface area contributed by atoms with E-state index in [0.29, 0.717) is 6.42 Å². The topological polar surface area (TPSA) is 34.1 Å². The third kappa shape index (κ3) is 6.54. The van der Waals surface area contributed by atoms with Crippen LogP contribution < -0.4 is 5.32 Å². The van der Waals surface area contributed by atoms with E-state index >= 15 is 0 Å². The molecule has 6 heteroatoms. The molecule has 0 aliphatic rings. The van der Waals surface area contributed by atoms with Crippen molar-refractivity contribution in [3.05, 3.63) is 29.6 Å². The number of pyridine rings is 1. The zero-order valence-electron chi connectivity index (χ0n) is 11.1. The summed E-state index contributed by atoms with van der Waals surface area (Å²) in [6.07, 6.45) is -0.315. The predicted octanol–water partition coefficient (Wildman–Crippen LogP) is 3.01. The highest BCUT2D eigenvalue weighted by Gasteiger charge is 2.27. The minimum Gasteiger partial charge on any atom is -0.372 e. The minimum absolute atomic E-state index is 0.0365. The van der Waals surface area contributed by atoms with Crippen molar-refractivity contribution in [1.29, 1.82) is 0 Å². The molecule has 0 radical (unpaired) electrons. The summed E-state index contributed by atoms with van der Waals surface area (Å²) >= 11 is 0. The number of ether oxygens (including phenoxy) is 1. The Labute approximate surface area is 111 Å². The van der Waals surface area contributed by atoms with Crippen molar-refractivity contribution in [2.24, 2.45) is 0 Å². The van der Waals surface area contributed by atoms with Gasteiger partial charge < -0.3 is 10.1 Å². The van der Waals surface area contributed by atoms with E-state index in [2.05, 4.69) is 15.0 Å². The van der Waals surface area contributed by atoms with E-state index in [-0.39, 0.29) is 12.6 Å². The number of halogens is 3. The van der Waals surface area contributed by atoms with E-state index in [4.69, 9.17) is 0 Å². The standard InChI is InChI=1S/C13H19F3N2O/c1-3-18-12(4-5-19-9-13(14,15)16)11-6-10(2)7-17-8-11/h6-8,12,18H,3-5,9H2,1-2H3. The van der Waals surface area contributed by atoms with E-state index in [1.807, 2.05) is 19.9 Å². The number of rotatable bonds is 7. The third-order valence-electron chi connectivity index (χ3n) is 2.57. The van der Waals surface area contributed by atoms with E-state index in [1.165, 1.54) is 0 Å². The van der Waals surface area contributed by atoms with Crippen LogP contribution in [0.3, 0.4) is 0 Å². The Kier molecular flexibility index (Phi) is 6.24. The molecule has 3 nitrogen and oxygen atoms in total. The van der Waals surface area contributed by atoms with Crippen LogP contribution in [-0.2, 0) is 4.74 Å². The van der Waals surface area contributed by atoms with Crippen LogP contribution in [0.2, 0.25) is 0 Å². The first-order valence-corrected chi connectivity index (χ1v) is 6.22. The van der Waals surface area contributed by atoms with Crippen LogP contribution in [0.25, 0.3) is 0 Å². The molecule has 0 aliphatic heterocycles. The number of hydrogen-bond acceptors (Lipinski definition) is 3. The molecule has 19 heavy (non-hydrogen) atoms. The zero-order chi connectivity index (χ0) is 14.3. The van der Waals surface area contributed by atoms with Gasteiger partial charge in [0.1, 0.15) is 6.61 Å². The summed E-state index contributed by atoms with van der Waals surface area (Å²) in [5, 5.41) is 3.22. The average Bonchev–Trinajstić information content (AvgIpc) is 2.32. The van der Waals surface area contributed by atoms with Crippen LogP contribution >= 0.6 is 0 Å². The summed E-state index contributed by atoms with van der Waals surface area (Å²) < 4.78 is 40.5. The van der Waals surface area contributed by atoms with E-state index in [0.717, 1.165) is 17.7 Å². The SMILES string of the molecule is CCNC(CCOCC(F)(F)F)c1cncc(C)c1. The van der Waals surface area contributed by atoms with Crippen molar-refractivity contribution in [1.82, 2.24) is 10.3 Å². The first kappa shape index (κ1) is 15.9. The maximum absolute atomic E-state index is 12.0. The summed E-state index contributed by atoms with van der Waals surface area (Å²) in [4.78, 5) is 4.09.